The number of hydrogen-bond donors (Lipinski definition) is 1. The van der Waals surface area contributed by atoms with Gasteiger partial charge in [-0.05, 0) is 31.9 Å². The van der Waals surface area contributed by atoms with Crippen LogP contribution in [-0.4, -0.2) is 44.2 Å². The van der Waals surface area contributed by atoms with E-state index in [1.807, 2.05) is 0 Å². The third kappa shape index (κ3) is 3.79. The van der Waals surface area contributed by atoms with Crippen molar-refractivity contribution in [2.75, 3.05) is 13.1 Å². The summed E-state index contributed by atoms with van der Waals surface area (Å²) in [5, 5.41) is 0. The molecule has 0 aromatic carbocycles. The Morgan fingerprint density at radius 3 is 2.85 bits per heavy atom. The Labute approximate surface area is 149 Å². The molecule has 1 amide bonds. The summed E-state index contributed by atoms with van der Waals surface area (Å²) in [7, 11) is 0. The second-order valence-electron chi connectivity index (χ2n) is 6.46. The van der Waals surface area contributed by atoms with Crippen LogP contribution in [0.2, 0.25) is 0 Å². The molecule has 8 nitrogen and oxygen atoms in total. The van der Waals surface area contributed by atoms with Crippen molar-refractivity contribution in [2.45, 2.75) is 26.3 Å². The minimum atomic E-state index is -0.618. The fraction of sp³-hybridized carbons (Fsp3) is 0.389. The molecular formula is C18H20N4O4. The van der Waals surface area contributed by atoms with Gasteiger partial charge in [0.15, 0.2) is 5.78 Å². The maximum absolute atomic E-state index is 12.6. The SMILES string of the molecule is Cc1cn(CC(=O)N2CCC[C@H](C(=O)c3ccccn3)C2)c(=O)[nH]c1=O. The summed E-state index contributed by atoms with van der Waals surface area (Å²) in [5.41, 5.74) is -0.316. The van der Waals surface area contributed by atoms with E-state index in [-0.39, 0.29) is 24.2 Å². The number of nitrogens with zero attached hydrogens (tertiary/aromatic N) is 3. The second kappa shape index (κ2) is 7.47. The van der Waals surface area contributed by atoms with Crippen molar-refractivity contribution in [3.63, 3.8) is 0 Å². The summed E-state index contributed by atoms with van der Waals surface area (Å²) < 4.78 is 1.18. The van der Waals surface area contributed by atoms with Crippen molar-refractivity contribution >= 4 is 11.7 Å². The number of carbonyl (C=O) groups excluding carboxylic acids is 2. The first-order chi connectivity index (χ1) is 12.5. The number of aromatic amines is 1. The predicted octanol–water partition coefficient (Wildman–Crippen LogP) is 0.362. The van der Waals surface area contributed by atoms with E-state index in [2.05, 4.69) is 9.97 Å². The van der Waals surface area contributed by atoms with Gasteiger partial charge in [0, 0.05) is 37.0 Å². The van der Waals surface area contributed by atoms with Gasteiger partial charge in [0.05, 0.1) is 0 Å². The molecule has 0 spiro atoms. The number of H-pyrrole nitrogens is 1. The fourth-order valence-corrected chi connectivity index (χ4v) is 3.12. The average molecular weight is 356 g/mol. The van der Waals surface area contributed by atoms with Crippen molar-refractivity contribution in [3.8, 4) is 0 Å². The van der Waals surface area contributed by atoms with Crippen LogP contribution in [0.15, 0.2) is 40.2 Å². The number of hydrogen-bond acceptors (Lipinski definition) is 5. The van der Waals surface area contributed by atoms with Gasteiger partial charge < -0.3 is 4.90 Å². The van der Waals surface area contributed by atoms with Gasteiger partial charge in [-0.1, -0.05) is 6.07 Å². The van der Waals surface area contributed by atoms with E-state index in [0.29, 0.717) is 37.2 Å². The minimum absolute atomic E-state index is 0.0693. The van der Waals surface area contributed by atoms with Crippen molar-refractivity contribution < 1.29 is 9.59 Å². The number of pyridine rings is 1. The Kier molecular flexibility index (Phi) is 5.11. The van der Waals surface area contributed by atoms with Crippen LogP contribution in [0, 0.1) is 12.8 Å². The molecule has 0 aliphatic carbocycles. The molecule has 1 aliphatic heterocycles. The van der Waals surface area contributed by atoms with E-state index in [9.17, 15) is 19.2 Å². The zero-order valence-corrected chi connectivity index (χ0v) is 14.5. The Morgan fingerprint density at radius 1 is 1.31 bits per heavy atom. The molecule has 26 heavy (non-hydrogen) atoms. The second-order valence-corrected chi connectivity index (χ2v) is 6.46. The molecule has 1 N–H and O–H groups in total. The molecule has 0 saturated carbocycles. The van der Waals surface area contributed by atoms with Crippen LogP contribution in [0.5, 0.6) is 0 Å². The van der Waals surface area contributed by atoms with Crippen LogP contribution in [0.25, 0.3) is 0 Å². The highest BCUT2D eigenvalue weighted by atomic mass is 16.2. The number of nitrogens with one attached hydrogen (secondary N) is 1. The molecule has 1 atom stereocenters. The molecule has 3 heterocycles. The van der Waals surface area contributed by atoms with E-state index in [1.54, 1.807) is 36.2 Å². The van der Waals surface area contributed by atoms with E-state index in [0.717, 1.165) is 0 Å². The normalized spacial score (nSPS) is 17.1. The van der Waals surface area contributed by atoms with Crippen LogP contribution in [0.1, 0.15) is 28.9 Å². The highest BCUT2D eigenvalue weighted by Gasteiger charge is 2.29. The molecule has 136 valence electrons. The van der Waals surface area contributed by atoms with Gasteiger partial charge in [-0.15, -0.1) is 0 Å². The third-order valence-corrected chi connectivity index (χ3v) is 4.56. The molecular weight excluding hydrogens is 336 g/mol. The van der Waals surface area contributed by atoms with Crippen molar-refractivity contribution in [1.29, 1.82) is 0 Å². The van der Waals surface area contributed by atoms with E-state index >= 15 is 0 Å². The number of aromatic nitrogens is 3. The van der Waals surface area contributed by atoms with Crippen LogP contribution < -0.4 is 11.2 Å². The van der Waals surface area contributed by atoms with E-state index < -0.39 is 11.2 Å². The highest BCUT2D eigenvalue weighted by molar-refractivity contribution is 5.96. The minimum Gasteiger partial charge on any atom is -0.340 e. The molecule has 1 aliphatic rings. The number of ketones is 1. The number of aryl methyl sites for hydroxylation is 1. The zero-order chi connectivity index (χ0) is 18.7. The van der Waals surface area contributed by atoms with Crippen LogP contribution in [0.3, 0.4) is 0 Å². The maximum Gasteiger partial charge on any atom is 0.328 e. The summed E-state index contributed by atoms with van der Waals surface area (Å²) >= 11 is 0. The summed E-state index contributed by atoms with van der Waals surface area (Å²) in [6.45, 7) is 2.26. The van der Waals surface area contributed by atoms with Gasteiger partial charge in [-0.3, -0.25) is 28.9 Å². The number of piperidine rings is 1. The molecule has 2 aromatic heterocycles. The number of Topliss-reactive ketones (excluding diaryl/α,β-unsaturated/α-hetero) is 1. The first-order valence-corrected chi connectivity index (χ1v) is 8.49. The van der Waals surface area contributed by atoms with Crippen LogP contribution >= 0.6 is 0 Å². The standard InChI is InChI=1S/C18H20N4O4/c1-12-9-22(18(26)20-17(12)25)11-15(23)21-8-4-5-13(10-21)16(24)14-6-2-3-7-19-14/h2-3,6-7,9,13H,4-5,8,10-11H2,1H3,(H,20,25,26)/t13-/m0/s1. The van der Waals surface area contributed by atoms with E-state index in [4.69, 9.17) is 0 Å². The Morgan fingerprint density at radius 2 is 2.12 bits per heavy atom. The summed E-state index contributed by atoms with van der Waals surface area (Å²) in [6.07, 6.45) is 4.37. The molecule has 0 radical (unpaired) electrons. The van der Waals surface area contributed by atoms with Crippen molar-refractivity contribution in [3.05, 3.63) is 62.7 Å². The Balaban J connectivity index is 1.70. The summed E-state index contributed by atoms with van der Waals surface area (Å²) in [6, 6.07) is 5.18. The van der Waals surface area contributed by atoms with Gasteiger partial charge in [0.2, 0.25) is 5.91 Å². The number of carbonyl (C=O) groups is 2. The average Bonchev–Trinajstić information content (AvgIpc) is 2.66. The quantitative estimate of drug-likeness (QED) is 0.797. The Hall–Kier alpha value is -3.03. The lowest BCUT2D eigenvalue weighted by molar-refractivity contribution is -0.133. The van der Waals surface area contributed by atoms with Gasteiger partial charge in [-0.2, -0.15) is 0 Å². The zero-order valence-electron chi connectivity index (χ0n) is 14.5. The monoisotopic (exact) mass is 356 g/mol. The molecule has 3 rings (SSSR count). The topological polar surface area (TPSA) is 105 Å². The third-order valence-electron chi connectivity index (χ3n) is 4.56. The lowest BCUT2D eigenvalue weighted by atomic mass is 9.92. The van der Waals surface area contributed by atoms with Crippen molar-refractivity contribution in [2.24, 2.45) is 5.92 Å². The first-order valence-electron chi connectivity index (χ1n) is 8.49. The summed E-state index contributed by atoms with van der Waals surface area (Å²) in [5.74, 6) is -0.617. The predicted molar refractivity (Wildman–Crippen MR) is 93.9 cm³/mol. The smallest absolute Gasteiger partial charge is 0.328 e. The molecule has 0 unspecified atom stereocenters. The first kappa shape index (κ1) is 17.8. The van der Waals surface area contributed by atoms with Gasteiger partial charge in [0.25, 0.3) is 5.56 Å². The van der Waals surface area contributed by atoms with Crippen LogP contribution in [-0.2, 0) is 11.3 Å². The van der Waals surface area contributed by atoms with Gasteiger partial charge in [-0.25, -0.2) is 4.79 Å². The highest BCUT2D eigenvalue weighted by Crippen LogP contribution is 2.20. The number of likely N-dealkylation sites (tertiary alicyclic amines) is 1. The van der Waals surface area contributed by atoms with E-state index in [1.165, 1.54) is 10.8 Å². The molecule has 2 aromatic rings. The maximum atomic E-state index is 12.6. The van der Waals surface area contributed by atoms with Gasteiger partial charge >= 0.3 is 5.69 Å². The fourth-order valence-electron chi connectivity index (χ4n) is 3.12. The largest absolute Gasteiger partial charge is 0.340 e. The Bertz CT molecular complexity index is 932. The lowest BCUT2D eigenvalue weighted by Crippen LogP contribution is -2.45. The van der Waals surface area contributed by atoms with Crippen LogP contribution in [0.4, 0.5) is 0 Å². The summed E-state index contributed by atoms with van der Waals surface area (Å²) in [4.78, 5) is 56.3. The lowest BCUT2D eigenvalue weighted by Gasteiger charge is -2.32. The molecule has 1 saturated heterocycles. The molecule has 1 fully saturated rings. The van der Waals surface area contributed by atoms with Gasteiger partial charge in [0.1, 0.15) is 12.2 Å². The van der Waals surface area contributed by atoms with Crippen molar-refractivity contribution in [1.82, 2.24) is 19.4 Å². The number of amides is 1. The number of rotatable bonds is 4. The molecule has 0 bridgehead atoms. The molecule has 8 heteroatoms.